The van der Waals surface area contributed by atoms with Crippen LogP contribution in [0.1, 0.15) is 18.4 Å². The second-order valence-electron chi connectivity index (χ2n) is 6.28. The largest absolute Gasteiger partial charge is 0.377 e. The maximum atomic E-state index is 12.6. The van der Waals surface area contributed by atoms with Gasteiger partial charge in [-0.1, -0.05) is 17.7 Å². The number of aryl methyl sites for hydroxylation is 1. The van der Waals surface area contributed by atoms with Gasteiger partial charge in [0.1, 0.15) is 0 Å². The minimum Gasteiger partial charge on any atom is -0.377 e. The molecule has 1 fully saturated rings. The van der Waals surface area contributed by atoms with Crippen molar-refractivity contribution in [2.24, 2.45) is 0 Å². The van der Waals surface area contributed by atoms with Crippen LogP contribution in [0.5, 0.6) is 0 Å². The fourth-order valence-corrected chi connectivity index (χ4v) is 5.31. The Kier molecular flexibility index (Phi) is 6.18. The standard InChI is InChI=1S/C15H23ClN2O5S2/c1-12-4-5-13(16)10-14(12)25(21,22)17-11-15(23-2)6-8-18(9-7-15)24(3,19)20/h4-5,10,17H,6-9,11H2,1-3H3. The fraction of sp³-hybridized carbons (Fsp3) is 0.600. The molecule has 1 aliphatic rings. The highest BCUT2D eigenvalue weighted by molar-refractivity contribution is 7.89. The number of nitrogens with zero attached hydrogens (tertiary/aromatic N) is 1. The summed E-state index contributed by atoms with van der Waals surface area (Å²) in [5, 5.41) is 0.342. The Bertz CT molecular complexity index is 831. The predicted molar refractivity (Wildman–Crippen MR) is 96.8 cm³/mol. The third kappa shape index (κ3) is 4.93. The van der Waals surface area contributed by atoms with Gasteiger partial charge >= 0.3 is 0 Å². The number of nitrogens with one attached hydrogen (secondary N) is 1. The van der Waals surface area contributed by atoms with Crippen molar-refractivity contribution < 1.29 is 21.6 Å². The van der Waals surface area contributed by atoms with E-state index in [0.717, 1.165) is 6.26 Å². The number of rotatable bonds is 6. The molecule has 0 amide bonds. The van der Waals surface area contributed by atoms with E-state index in [2.05, 4.69) is 4.72 Å². The van der Waals surface area contributed by atoms with E-state index in [-0.39, 0.29) is 11.4 Å². The first-order chi connectivity index (χ1) is 11.5. The number of hydrogen-bond acceptors (Lipinski definition) is 5. The molecule has 10 heteroatoms. The number of ether oxygens (including phenoxy) is 1. The first kappa shape index (κ1) is 20.6. The molecule has 0 aliphatic carbocycles. The monoisotopic (exact) mass is 410 g/mol. The van der Waals surface area contributed by atoms with E-state index in [9.17, 15) is 16.8 Å². The molecule has 0 unspecified atom stereocenters. The van der Waals surface area contributed by atoms with Gasteiger partial charge in [-0.2, -0.15) is 0 Å². The summed E-state index contributed by atoms with van der Waals surface area (Å²) in [7, 11) is -5.50. The van der Waals surface area contributed by atoms with E-state index < -0.39 is 25.6 Å². The molecule has 1 N–H and O–H groups in total. The Balaban J connectivity index is 2.12. The molecule has 0 aromatic heterocycles. The second kappa shape index (κ2) is 7.50. The summed E-state index contributed by atoms with van der Waals surface area (Å²) in [6, 6.07) is 4.69. The van der Waals surface area contributed by atoms with Crippen molar-refractivity contribution >= 4 is 31.6 Å². The molecule has 1 saturated heterocycles. The van der Waals surface area contributed by atoms with Crippen LogP contribution in [0.3, 0.4) is 0 Å². The van der Waals surface area contributed by atoms with Crippen molar-refractivity contribution in [3.8, 4) is 0 Å². The van der Waals surface area contributed by atoms with Crippen molar-refractivity contribution in [2.45, 2.75) is 30.3 Å². The quantitative estimate of drug-likeness (QED) is 0.764. The minimum absolute atomic E-state index is 0.0649. The van der Waals surface area contributed by atoms with Crippen molar-refractivity contribution in [1.82, 2.24) is 9.03 Å². The van der Waals surface area contributed by atoms with Crippen LogP contribution < -0.4 is 4.72 Å². The van der Waals surface area contributed by atoms with Gasteiger partial charge in [0.2, 0.25) is 20.0 Å². The van der Waals surface area contributed by atoms with Crippen LogP contribution in [0.4, 0.5) is 0 Å². The van der Waals surface area contributed by atoms with Crippen molar-refractivity contribution in [3.63, 3.8) is 0 Å². The molecule has 25 heavy (non-hydrogen) atoms. The Morgan fingerprint density at radius 3 is 2.36 bits per heavy atom. The van der Waals surface area contributed by atoms with Crippen molar-refractivity contribution in [2.75, 3.05) is 33.0 Å². The molecule has 1 aromatic rings. The molecule has 7 nitrogen and oxygen atoms in total. The van der Waals surface area contributed by atoms with Gasteiger partial charge in [0, 0.05) is 31.8 Å². The van der Waals surface area contributed by atoms with Crippen molar-refractivity contribution in [3.05, 3.63) is 28.8 Å². The summed E-state index contributed by atoms with van der Waals surface area (Å²) in [4.78, 5) is 0.125. The van der Waals surface area contributed by atoms with Crippen LogP contribution in [0, 0.1) is 6.92 Å². The molecule has 0 spiro atoms. The van der Waals surface area contributed by atoms with E-state index in [1.165, 1.54) is 17.5 Å². The van der Waals surface area contributed by atoms with Gasteiger partial charge < -0.3 is 4.74 Å². The maximum Gasteiger partial charge on any atom is 0.240 e. The molecule has 1 aromatic carbocycles. The van der Waals surface area contributed by atoms with Gasteiger partial charge in [0.05, 0.1) is 16.8 Å². The predicted octanol–water partition coefficient (Wildman–Crippen LogP) is 1.37. The lowest BCUT2D eigenvalue weighted by atomic mass is 9.92. The Hall–Kier alpha value is -0.710. The summed E-state index contributed by atoms with van der Waals surface area (Å²) in [5.74, 6) is 0. The third-order valence-electron chi connectivity index (χ3n) is 4.56. The zero-order valence-electron chi connectivity index (χ0n) is 14.5. The lowest BCUT2D eigenvalue weighted by molar-refractivity contribution is -0.0401. The zero-order valence-corrected chi connectivity index (χ0v) is 16.8. The van der Waals surface area contributed by atoms with Crippen LogP contribution in [0.2, 0.25) is 5.02 Å². The lowest BCUT2D eigenvalue weighted by Crippen LogP contribution is -2.52. The van der Waals surface area contributed by atoms with Gasteiger partial charge in [-0.25, -0.2) is 25.9 Å². The second-order valence-corrected chi connectivity index (χ2v) is 10.4. The average Bonchev–Trinajstić information content (AvgIpc) is 2.55. The molecule has 1 heterocycles. The van der Waals surface area contributed by atoms with Crippen LogP contribution in [-0.2, 0) is 24.8 Å². The summed E-state index contributed by atoms with van der Waals surface area (Å²) in [6.45, 7) is 2.35. The summed E-state index contributed by atoms with van der Waals surface area (Å²) in [6.07, 6.45) is 1.98. The highest BCUT2D eigenvalue weighted by Gasteiger charge is 2.38. The molecule has 1 aliphatic heterocycles. The Morgan fingerprint density at radius 2 is 1.84 bits per heavy atom. The number of halogens is 1. The van der Waals surface area contributed by atoms with Crippen LogP contribution in [0.15, 0.2) is 23.1 Å². The topological polar surface area (TPSA) is 92.8 Å². The van der Waals surface area contributed by atoms with Gasteiger partial charge in [0.25, 0.3) is 0 Å². The van der Waals surface area contributed by atoms with Gasteiger partial charge in [0.15, 0.2) is 0 Å². The summed E-state index contributed by atoms with van der Waals surface area (Å²) in [5.41, 5.74) is -0.143. The number of benzene rings is 1. The van der Waals surface area contributed by atoms with Gasteiger partial charge in [-0.15, -0.1) is 0 Å². The molecule has 0 atom stereocenters. The molecule has 142 valence electrons. The lowest BCUT2D eigenvalue weighted by Gasteiger charge is -2.39. The van der Waals surface area contributed by atoms with Crippen LogP contribution >= 0.6 is 11.6 Å². The van der Waals surface area contributed by atoms with Gasteiger partial charge in [-0.05, 0) is 37.5 Å². The Morgan fingerprint density at radius 1 is 1.24 bits per heavy atom. The van der Waals surface area contributed by atoms with E-state index in [4.69, 9.17) is 16.3 Å². The summed E-state index contributed by atoms with van der Waals surface area (Å²) >= 11 is 5.91. The van der Waals surface area contributed by atoms with E-state index >= 15 is 0 Å². The number of methoxy groups -OCH3 is 1. The highest BCUT2D eigenvalue weighted by Crippen LogP contribution is 2.27. The molecular formula is C15H23ClN2O5S2. The third-order valence-corrected chi connectivity index (χ3v) is 7.64. The minimum atomic E-state index is -3.75. The van der Waals surface area contributed by atoms with Crippen molar-refractivity contribution in [1.29, 1.82) is 0 Å². The van der Waals surface area contributed by atoms with E-state index in [1.54, 1.807) is 19.1 Å². The molecule has 0 radical (unpaired) electrons. The highest BCUT2D eigenvalue weighted by atomic mass is 35.5. The number of piperidine rings is 1. The van der Waals surface area contributed by atoms with E-state index in [0.29, 0.717) is 36.5 Å². The zero-order chi connectivity index (χ0) is 18.9. The molecule has 0 saturated carbocycles. The first-order valence-corrected chi connectivity index (χ1v) is 11.5. The first-order valence-electron chi connectivity index (χ1n) is 7.75. The number of sulfonamides is 2. The van der Waals surface area contributed by atoms with E-state index in [1.807, 2.05) is 0 Å². The molecular weight excluding hydrogens is 388 g/mol. The normalized spacial score (nSPS) is 19.0. The smallest absolute Gasteiger partial charge is 0.240 e. The summed E-state index contributed by atoms with van der Waals surface area (Å²) < 4.78 is 57.9. The molecule has 2 rings (SSSR count). The fourth-order valence-electron chi connectivity index (χ4n) is 2.85. The van der Waals surface area contributed by atoms with Crippen LogP contribution in [-0.4, -0.2) is 59.7 Å². The SMILES string of the molecule is COC1(CNS(=O)(=O)c2cc(Cl)ccc2C)CCN(S(C)(=O)=O)CC1. The molecule has 0 bridgehead atoms. The van der Waals surface area contributed by atoms with Crippen LogP contribution in [0.25, 0.3) is 0 Å². The number of hydrogen-bond donors (Lipinski definition) is 1. The average molecular weight is 411 g/mol. The Labute approximate surface area is 154 Å². The maximum absolute atomic E-state index is 12.6. The van der Waals surface area contributed by atoms with Gasteiger partial charge in [-0.3, -0.25) is 0 Å².